The van der Waals surface area contributed by atoms with Crippen molar-refractivity contribution >= 4 is 21.9 Å². The third-order valence-corrected chi connectivity index (χ3v) is 6.94. The van der Waals surface area contributed by atoms with E-state index in [-0.39, 0.29) is 11.0 Å². The Bertz CT molecular complexity index is 1540. The number of nitrogens with zero attached hydrogens (tertiary/aromatic N) is 2. The molecule has 0 radical (unpaired) electrons. The van der Waals surface area contributed by atoms with E-state index in [9.17, 15) is 4.79 Å². The van der Waals surface area contributed by atoms with Crippen LogP contribution in [0.25, 0.3) is 44.3 Å². The lowest BCUT2D eigenvalue weighted by Crippen LogP contribution is -2.43. The number of hydrogen-bond donors (Lipinski definition) is 1. The smallest absolute Gasteiger partial charge is 0.201 e. The monoisotopic (exact) mass is 435 g/mol. The van der Waals surface area contributed by atoms with Crippen molar-refractivity contribution in [3.63, 3.8) is 0 Å². The number of aromatic nitrogens is 2. The molecule has 0 spiro atoms. The van der Waals surface area contributed by atoms with Crippen molar-refractivity contribution in [3.05, 3.63) is 88.7 Å². The molecule has 1 aliphatic carbocycles. The van der Waals surface area contributed by atoms with Gasteiger partial charge in [-0.05, 0) is 43.4 Å². The third-order valence-electron chi connectivity index (χ3n) is 6.94. The molecule has 0 aliphatic heterocycles. The SMILES string of the molecule is CCn1cc2ccc3c(=O)c(-c4ccc(C5(N)CCC5)cc4)c(-c4ccccc4)oc3c2n1. The molecule has 5 nitrogen and oxygen atoms in total. The number of aryl methyl sites for hydroxylation is 1. The van der Waals surface area contributed by atoms with Gasteiger partial charge < -0.3 is 10.2 Å². The van der Waals surface area contributed by atoms with Crippen molar-refractivity contribution in [2.45, 2.75) is 38.3 Å². The fourth-order valence-electron chi connectivity index (χ4n) is 4.82. The van der Waals surface area contributed by atoms with Gasteiger partial charge in [0.1, 0.15) is 11.3 Å². The number of nitrogens with two attached hydrogens (primary N) is 1. The average molecular weight is 436 g/mol. The van der Waals surface area contributed by atoms with Crippen LogP contribution in [0.15, 0.2) is 82.1 Å². The summed E-state index contributed by atoms with van der Waals surface area (Å²) < 4.78 is 8.38. The van der Waals surface area contributed by atoms with Crippen LogP contribution in [0.2, 0.25) is 0 Å². The van der Waals surface area contributed by atoms with Gasteiger partial charge in [0.05, 0.1) is 10.9 Å². The summed E-state index contributed by atoms with van der Waals surface area (Å²) in [5, 5.41) is 6.16. The van der Waals surface area contributed by atoms with Crippen LogP contribution in [-0.4, -0.2) is 9.78 Å². The highest BCUT2D eigenvalue weighted by molar-refractivity contribution is 6.03. The lowest BCUT2D eigenvalue weighted by atomic mass is 9.72. The minimum atomic E-state index is -0.238. The fraction of sp³-hybridized carbons (Fsp3) is 0.214. The van der Waals surface area contributed by atoms with Crippen molar-refractivity contribution in [1.82, 2.24) is 9.78 Å². The molecule has 33 heavy (non-hydrogen) atoms. The summed E-state index contributed by atoms with van der Waals surface area (Å²) in [5.41, 5.74) is 10.8. The molecule has 164 valence electrons. The first-order valence-corrected chi connectivity index (χ1v) is 11.5. The van der Waals surface area contributed by atoms with Crippen molar-refractivity contribution in [3.8, 4) is 22.5 Å². The van der Waals surface area contributed by atoms with Crippen LogP contribution in [0.1, 0.15) is 31.7 Å². The second kappa shape index (κ2) is 7.42. The molecule has 1 fully saturated rings. The van der Waals surface area contributed by atoms with Gasteiger partial charge >= 0.3 is 0 Å². The lowest BCUT2D eigenvalue weighted by molar-refractivity contribution is 0.253. The first-order valence-electron chi connectivity index (χ1n) is 11.5. The summed E-state index contributed by atoms with van der Waals surface area (Å²) >= 11 is 0. The summed E-state index contributed by atoms with van der Waals surface area (Å²) in [5.74, 6) is 0.561. The van der Waals surface area contributed by atoms with Crippen LogP contribution >= 0.6 is 0 Å². The Morgan fingerprint density at radius 2 is 1.76 bits per heavy atom. The summed E-state index contributed by atoms with van der Waals surface area (Å²) in [6.45, 7) is 2.79. The molecule has 2 N–H and O–H groups in total. The summed E-state index contributed by atoms with van der Waals surface area (Å²) in [7, 11) is 0. The lowest BCUT2D eigenvalue weighted by Gasteiger charge is -2.38. The summed E-state index contributed by atoms with van der Waals surface area (Å²) in [4.78, 5) is 13.9. The Kier molecular flexibility index (Phi) is 4.49. The van der Waals surface area contributed by atoms with E-state index in [1.165, 1.54) is 0 Å². The zero-order chi connectivity index (χ0) is 22.6. The van der Waals surface area contributed by atoms with Crippen molar-refractivity contribution < 1.29 is 4.42 Å². The molecular weight excluding hydrogens is 410 g/mol. The van der Waals surface area contributed by atoms with Gasteiger partial charge in [0, 0.05) is 29.2 Å². The predicted octanol–water partition coefficient (Wildman–Crippen LogP) is 5.83. The molecule has 1 aliphatic rings. The average Bonchev–Trinajstić information content (AvgIpc) is 3.27. The van der Waals surface area contributed by atoms with E-state index < -0.39 is 0 Å². The van der Waals surface area contributed by atoms with Gasteiger partial charge in [0.15, 0.2) is 5.58 Å². The second-order valence-electron chi connectivity index (χ2n) is 8.95. The van der Waals surface area contributed by atoms with Crippen LogP contribution in [-0.2, 0) is 12.1 Å². The van der Waals surface area contributed by atoms with Crippen molar-refractivity contribution in [2.75, 3.05) is 0 Å². The zero-order valence-corrected chi connectivity index (χ0v) is 18.5. The van der Waals surface area contributed by atoms with Crippen molar-refractivity contribution in [1.29, 1.82) is 0 Å². The molecule has 1 saturated carbocycles. The predicted molar refractivity (Wildman–Crippen MR) is 132 cm³/mol. The van der Waals surface area contributed by atoms with Gasteiger partial charge in [-0.25, -0.2) is 0 Å². The number of rotatable bonds is 4. The Balaban J connectivity index is 1.62. The van der Waals surface area contributed by atoms with E-state index in [0.717, 1.165) is 47.9 Å². The fourth-order valence-corrected chi connectivity index (χ4v) is 4.82. The normalized spacial score (nSPS) is 15.1. The zero-order valence-electron chi connectivity index (χ0n) is 18.5. The largest absolute Gasteiger partial charge is 0.453 e. The Hall–Kier alpha value is -3.70. The maximum absolute atomic E-state index is 13.9. The molecule has 0 saturated heterocycles. The highest BCUT2D eigenvalue weighted by Gasteiger charge is 2.34. The molecule has 2 aromatic heterocycles. The molecule has 0 bridgehead atoms. The quantitative estimate of drug-likeness (QED) is 0.385. The van der Waals surface area contributed by atoms with Crippen LogP contribution in [0.4, 0.5) is 0 Å². The maximum Gasteiger partial charge on any atom is 0.201 e. The molecule has 0 atom stereocenters. The van der Waals surface area contributed by atoms with E-state index >= 15 is 0 Å². The Morgan fingerprint density at radius 3 is 2.42 bits per heavy atom. The van der Waals surface area contributed by atoms with Crippen LogP contribution in [0.5, 0.6) is 0 Å². The third kappa shape index (κ3) is 3.11. The Labute approximate surface area is 191 Å². The van der Waals surface area contributed by atoms with Crippen LogP contribution < -0.4 is 11.2 Å². The van der Waals surface area contributed by atoms with E-state index in [2.05, 4.69) is 17.2 Å². The minimum Gasteiger partial charge on any atom is -0.453 e. The Morgan fingerprint density at radius 1 is 1.00 bits per heavy atom. The van der Waals surface area contributed by atoms with E-state index in [1.54, 1.807) is 0 Å². The molecule has 3 aromatic carbocycles. The maximum atomic E-state index is 13.9. The summed E-state index contributed by atoms with van der Waals surface area (Å²) in [6, 6.07) is 21.7. The number of benzene rings is 3. The van der Waals surface area contributed by atoms with Crippen LogP contribution in [0, 0.1) is 0 Å². The van der Waals surface area contributed by atoms with Gasteiger partial charge in [-0.1, -0.05) is 60.7 Å². The van der Waals surface area contributed by atoms with Crippen molar-refractivity contribution in [2.24, 2.45) is 5.73 Å². The van der Waals surface area contributed by atoms with Crippen LogP contribution in [0.3, 0.4) is 0 Å². The highest BCUT2D eigenvalue weighted by Crippen LogP contribution is 2.40. The standard InChI is InChI=1S/C28H25N3O2/c1-2-31-17-20-11-14-22-25(32)23(18-9-12-21(13-10-18)28(29)15-6-16-28)26(19-7-4-3-5-8-19)33-27(22)24(20)30-31/h3-5,7-14,17H,2,6,15-16,29H2,1H3. The molecule has 2 heterocycles. The first-order chi connectivity index (χ1) is 16.1. The van der Waals surface area contributed by atoms with E-state index in [4.69, 9.17) is 10.2 Å². The summed E-state index contributed by atoms with van der Waals surface area (Å²) in [6.07, 6.45) is 5.14. The minimum absolute atomic E-state index is 0.0538. The molecule has 6 rings (SSSR count). The van der Waals surface area contributed by atoms with Gasteiger partial charge in [0.25, 0.3) is 0 Å². The van der Waals surface area contributed by atoms with Gasteiger partial charge in [-0.3, -0.25) is 9.48 Å². The number of fused-ring (bicyclic) bond motifs is 3. The molecule has 0 amide bonds. The van der Waals surface area contributed by atoms with Gasteiger partial charge in [-0.2, -0.15) is 5.10 Å². The molecule has 0 unspecified atom stereocenters. The van der Waals surface area contributed by atoms with Gasteiger partial charge in [0.2, 0.25) is 5.43 Å². The molecular formula is C28H25N3O2. The number of hydrogen-bond acceptors (Lipinski definition) is 4. The van der Waals surface area contributed by atoms with Gasteiger partial charge in [-0.15, -0.1) is 0 Å². The molecule has 5 heteroatoms. The molecule has 5 aromatic rings. The van der Waals surface area contributed by atoms with E-state index in [1.807, 2.05) is 72.4 Å². The van der Waals surface area contributed by atoms with E-state index in [0.29, 0.717) is 27.8 Å². The highest BCUT2D eigenvalue weighted by atomic mass is 16.3. The first kappa shape index (κ1) is 19.9. The second-order valence-corrected chi connectivity index (χ2v) is 8.95. The topological polar surface area (TPSA) is 74.0 Å².